The van der Waals surface area contributed by atoms with E-state index in [1.165, 1.54) is 38.5 Å². The Morgan fingerprint density at radius 1 is 0.397 bits per heavy atom. The minimum absolute atomic E-state index is 0.0195. The van der Waals surface area contributed by atoms with Crippen LogP contribution >= 0.6 is 7.82 Å². The lowest BCUT2D eigenvalue weighted by Gasteiger charge is -2.24. The lowest BCUT2D eigenvalue weighted by atomic mass is 10.1. The zero-order valence-electron chi connectivity index (χ0n) is 50.1. The number of nitrogens with zero attached hydrogens (tertiary/aromatic N) is 1. The third-order valence-corrected chi connectivity index (χ3v) is 13.3. The Morgan fingerprint density at radius 3 is 1.03 bits per heavy atom. The van der Waals surface area contributed by atoms with Crippen LogP contribution in [0.3, 0.4) is 0 Å². The molecule has 0 saturated carbocycles. The highest BCUT2D eigenvalue weighted by atomic mass is 31.2. The summed E-state index contributed by atoms with van der Waals surface area (Å²) in [5.41, 5.74) is 0. The van der Waals surface area contributed by atoms with E-state index in [9.17, 15) is 19.0 Å². The van der Waals surface area contributed by atoms with Crippen molar-refractivity contribution in [3.8, 4) is 0 Å². The van der Waals surface area contributed by atoms with E-state index in [0.29, 0.717) is 17.4 Å². The summed E-state index contributed by atoms with van der Waals surface area (Å²) in [5, 5.41) is 0. The second kappa shape index (κ2) is 57.6. The molecule has 2 atom stereocenters. The molecule has 0 rings (SSSR count). The summed E-state index contributed by atoms with van der Waals surface area (Å²) in [6.45, 7) is 4.17. The first-order valence-corrected chi connectivity index (χ1v) is 32.1. The minimum atomic E-state index is -4.40. The molecule has 78 heavy (non-hydrogen) atoms. The smallest absolute Gasteiger partial charge is 0.462 e. The summed E-state index contributed by atoms with van der Waals surface area (Å²) < 4.78 is 34.6. The van der Waals surface area contributed by atoms with Gasteiger partial charge in [-0.05, 0) is 116 Å². The zero-order valence-corrected chi connectivity index (χ0v) is 51.0. The van der Waals surface area contributed by atoms with Gasteiger partial charge < -0.3 is 18.9 Å². The van der Waals surface area contributed by atoms with Gasteiger partial charge in [0, 0.05) is 12.8 Å². The Morgan fingerprint density at radius 2 is 0.692 bits per heavy atom. The lowest BCUT2D eigenvalue weighted by molar-refractivity contribution is -0.870. The van der Waals surface area contributed by atoms with Crippen molar-refractivity contribution in [3.05, 3.63) is 146 Å². The summed E-state index contributed by atoms with van der Waals surface area (Å²) in [5.74, 6) is -0.829. The maximum Gasteiger partial charge on any atom is 0.472 e. The monoisotopic (exact) mass is 1100 g/mol. The van der Waals surface area contributed by atoms with E-state index in [4.69, 9.17) is 18.5 Å². The fourth-order valence-corrected chi connectivity index (χ4v) is 8.47. The zero-order chi connectivity index (χ0) is 57.0. The first kappa shape index (κ1) is 73.9. The number of quaternary nitrogens is 1. The average molecular weight is 1100 g/mol. The van der Waals surface area contributed by atoms with Crippen LogP contribution in [-0.4, -0.2) is 74.9 Å². The van der Waals surface area contributed by atoms with Crippen molar-refractivity contribution in [2.45, 2.75) is 225 Å². The highest BCUT2D eigenvalue weighted by Gasteiger charge is 2.27. The van der Waals surface area contributed by atoms with Crippen molar-refractivity contribution in [2.75, 3.05) is 47.5 Å². The molecule has 0 radical (unpaired) electrons. The summed E-state index contributed by atoms with van der Waals surface area (Å²) in [4.78, 5) is 35.8. The molecule has 0 amide bonds. The van der Waals surface area contributed by atoms with Crippen LogP contribution in [0.25, 0.3) is 0 Å². The fourth-order valence-electron chi connectivity index (χ4n) is 7.73. The second-order valence-electron chi connectivity index (χ2n) is 21.0. The number of carbonyl (C=O) groups excluding carboxylic acids is 2. The largest absolute Gasteiger partial charge is 0.472 e. The van der Waals surface area contributed by atoms with Crippen LogP contribution in [0, 0.1) is 0 Å². The van der Waals surface area contributed by atoms with Crippen LogP contribution < -0.4 is 0 Å². The molecular weight excluding hydrogens is 990 g/mol. The van der Waals surface area contributed by atoms with Gasteiger partial charge in [-0.1, -0.05) is 237 Å². The van der Waals surface area contributed by atoms with Gasteiger partial charge in [-0.2, -0.15) is 0 Å². The van der Waals surface area contributed by atoms with E-state index >= 15 is 0 Å². The summed E-state index contributed by atoms with van der Waals surface area (Å²) in [6.07, 6.45) is 84.8. The van der Waals surface area contributed by atoms with Gasteiger partial charge in [-0.15, -0.1) is 0 Å². The quantitative estimate of drug-likeness (QED) is 0.0211. The SMILES string of the molecule is CC/C=C\C/C=C\C/C=C\C/C=C\C/C=C\C/C=C\C/C=C\C/C=C\CCCCCCCCC(=O)OC(COC(=O)CCCCCCCCCCCC/C=C\C/C=C\C/C=C\C/C=C\CC)COP(=O)(O)OCC[N+](C)(C)C. The van der Waals surface area contributed by atoms with Gasteiger partial charge in [0.25, 0.3) is 0 Å². The second-order valence-corrected chi connectivity index (χ2v) is 22.4. The van der Waals surface area contributed by atoms with Crippen molar-refractivity contribution >= 4 is 19.8 Å². The first-order valence-electron chi connectivity index (χ1n) is 30.6. The maximum atomic E-state index is 12.8. The predicted molar refractivity (Wildman–Crippen MR) is 334 cm³/mol. The molecule has 10 heteroatoms. The number of unbranched alkanes of at least 4 members (excludes halogenated alkanes) is 16. The van der Waals surface area contributed by atoms with E-state index in [2.05, 4.69) is 160 Å². The van der Waals surface area contributed by atoms with Crippen LogP contribution in [0.4, 0.5) is 0 Å². The van der Waals surface area contributed by atoms with Crippen molar-refractivity contribution in [1.82, 2.24) is 0 Å². The number of hydrogen-bond donors (Lipinski definition) is 1. The van der Waals surface area contributed by atoms with Crippen molar-refractivity contribution in [1.29, 1.82) is 0 Å². The van der Waals surface area contributed by atoms with Gasteiger partial charge in [-0.3, -0.25) is 18.6 Å². The number of carbonyl (C=O) groups is 2. The van der Waals surface area contributed by atoms with Crippen molar-refractivity contribution in [2.24, 2.45) is 0 Å². The van der Waals surface area contributed by atoms with E-state index < -0.39 is 26.5 Å². The van der Waals surface area contributed by atoms with Gasteiger partial charge in [-0.25, -0.2) is 4.57 Å². The fraction of sp³-hybridized carbons (Fsp3) is 0.618. The average Bonchev–Trinajstić information content (AvgIpc) is 3.40. The van der Waals surface area contributed by atoms with Crippen LogP contribution in [0.1, 0.15) is 219 Å². The summed E-state index contributed by atoms with van der Waals surface area (Å²) in [7, 11) is 1.44. The number of esters is 2. The predicted octanol–water partition coefficient (Wildman–Crippen LogP) is 19.5. The molecule has 0 saturated heterocycles. The standard InChI is InChI=1S/C68H112NO8P/c1-6-8-10-12-14-16-18-20-22-24-26-28-30-31-32-33-34-35-36-37-39-41-43-45-47-49-51-53-55-57-59-61-68(71)77-66(65-76-78(72,73)75-63-62-69(3,4)5)64-74-67(70)60-58-56-54-52-50-48-46-44-42-40-38-29-27-25-23-21-19-17-15-13-11-9-7-2/h8-11,14-17,20-23,26-29,31-32,34-35,37,39,43,45,66H,6-7,12-13,18-19,24-25,30,33,36,38,40-42,44,46-65H2,1-5H3/p+1/b10-8-,11-9-,16-14-,17-15-,22-20-,23-21-,28-26-,29-27-,32-31-,35-34-,39-37-,45-43-. The Kier molecular flexibility index (Phi) is 54.5. The number of ether oxygens (including phenoxy) is 2. The summed E-state index contributed by atoms with van der Waals surface area (Å²) in [6, 6.07) is 0. The topological polar surface area (TPSA) is 108 Å². The lowest BCUT2D eigenvalue weighted by Crippen LogP contribution is -2.37. The van der Waals surface area contributed by atoms with Crippen molar-refractivity contribution < 1.29 is 42.1 Å². The number of hydrogen-bond acceptors (Lipinski definition) is 7. The number of allylic oxidation sites excluding steroid dienone is 24. The molecule has 0 aliphatic heterocycles. The highest BCUT2D eigenvalue weighted by Crippen LogP contribution is 2.43. The Hall–Kier alpha value is -4.11. The van der Waals surface area contributed by atoms with Gasteiger partial charge in [0.15, 0.2) is 6.10 Å². The highest BCUT2D eigenvalue weighted by molar-refractivity contribution is 7.47. The Balaban J connectivity index is 4.24. The molecule has 0 aliphatic carbocycles. The van der Waals surface area contributed by atoms with Gasteiger partial charge in [0.05, 0.1) is 27.7 Å². The van der Waals surface area contributed by atoms with E-state index in [1.54, 1.807) is 0 Å². The third-order valence-electron chi connectivity index (χ3n) is 12.4. The molecule has 0 heterocycles. The molecule has 0 spiro atoms. The number of likely N-dealkylation sites (N-methyl/N-ethyl adjacent to an activating group) is 1. The van der Waals surface area contributed by atoms with Crippen LogP contribution in [-0.2, 0) is 32.7 Å². The molecule has 2 unspecified atom stereocenters. The number of phosphoric ester groups is 1. The molecule has 442 valence electrons. The first-order chi connectivity index (χ1) is 38.0. The number of phosphoric acid groups is 1. The molecule has 0 fully saturated rings. The normalized spacial score (nSPS) is 14.3. The molecular formula is C68H113NO8P+. The van der Waals surface area contributed by atoms with E-state index in [1.807, 2.05) is 21.1 Å². The van der Waals surface area contributed by atoms with Gasteiger partial charge >= 0.3 is 19.8 Å². The van der Waals surface area contributed by atoms with Crippen LogP contribution in [0.5, 0.6) is 0 Å². The maximum absolute atomic E-state index is 12.8. The molecule has 0 bridgehead atoms. The molecule has 0 aromatic rings. The molecule has 0 aromatic heterocycles. The van der Waals surface area contributed by atoms with Gasteiger partial charge in [0.1, 0.15) is 19.8 Å². The molecule has 0 aliphatic rings. The van der Waals surface area contributed by atoms with E-state index in [-0.39, 0.29) is 32.0 Å². The van der Waals surface area contributed by atoms with E-state index in [0.717, 1.165) is 148 Å². The van der Waals surface area contributed by atoms with Crippen molar-refractivity contribution in [3.63, 3.8) is 0 Å². The number of rotatable bonds is 54. The minimum Gasteiger partial charge on any atom is -0.462 e. The molecule has 1 N–H and O–H groups in total. The third kappa shape index (κ3) is 61.1. The summed E-state index contributed by atoms with van der Waals surface area (Å²) >= 11 is 0. The molecule has 0 aromatic carbocycles. The van der Waals surface area contributed by atoms with Gasteiger partial charge in [0.2, 0.25) is 0 Å². The van der Waals surface area contributed by atoms with Crippen LogP contribution in [0.2, 0.25) is 0 Å². The Bertz CT molecular complexity index is 1820. The van der Waals surface area contributed by atoms with Crippen LogP contribution in [0.15, 0.2) is 146 Å². The Labute approximate surface area is 478 Å². The molecule has 9 nitrogen and oxygen atoms in total.